The molecule has 0 fully saturated rings. The van der Waals surface area contributed by atoms with E-state index in [-0.39, 0.29) is 11.5 Å². The molecule has 134 valence electrons. The summed E-state index contributed by atoms with van der Waals surface area (Å²) in [6.45, 7) is 0.334. The molecule has 7 heteroatoms. The van der Waals surface area contributed by atoms with Gasteiger partial charge in [-0.2, -0.15) is 4.98 Å². The number of hydrogen-bond acceptors (Lipinski definition) is 6. The van der Waals surface area contributed by atoms with Crippen molar-refractivity contribution in [3.05, 3.63) is 80.9 Å². The number of benzene rings is 1. The molecule has 1 aromatic carbocycles. The number of fused-ring (bicyclic) bond motifs is 1. The smallest absolute Gasteiger partial charge is 0.279 e. The quantitative estimate of drug-likeness (QED) is 0.562. The van der Waals surface area contributed by atoms with Gasteiger partial charge in [-0.3, -0.25) is 9.59 Å². The highest BCUT2D eigenvalue weighted by atomic mass is 32.1. The second-order valence-electron chi connectivity index (χ2n) is 5.87. The first-order valence-electron chi connectivity index (χ1n) is 8.34. The molecule has 0 radical (unpaired) electrons. The van der Waals surface area contributed by atoms with Crippen molar-refractivity contribution in [2.45, 2.75) is 13.0 Å². The van der Waals surface area contributed by atoms with Crippen LogP contribution >= 0.6 is 22.7 Å². The Morgan fingerprint density at radius 2 is 1.89 bits per heavy atom. The fraction of sp³-hybridized carbons (Fsp3) is 0.100. The SMILES string of the molecule is O=C(Cc1cccs1)NCc1cccc(-c2nc(=O)c3ccccc3s2)n1. The fourth-order valence-electron chi connectivity index (χ4n) is 2.64. The van der Waals surface area contributed by atoms with E-state index < -0.39 is 0 Å². The molecule has 0 bridgehead atoms. The monoisotopic (exact) mass is 393 g/mol. The van der Waals surface area contributed by atoms with E-state index in [4.69, 9.17) is 0 Å². The summed E-state index contributed by atoms with van der Waals surface area (Å²) >= 11 is 2.99. The van der Waals surface area contributed by atoms with Gasteiger partial charge in [0, 0.05) is 9.58 Å². The van der Waals surface area contributed by atoms with E-state index in [1.165, 1.54) is 11.3 Å². The first kappa shape index (κ1) is 17.5. The third-order valence-corrected chi connectivity index (χ3v) is 5.88. The lowest BCUT2D eigenvalue weighted by Crippen LogP contribution is -2.24. The summed E-state index contributed by atoms with van der Waals surface area (Å²) in [6, 6.07) is 16.8. The molecule has 0 atom stereocenters. The van der Waals surface area contributed by atoms with Crippen molar-refractivity contribution in [3.8, 4) is 10.7 Å². The summed E-state index contributed by atoms with van der Waals surface area (Å²) in [7, 11) is 0. The normalized spacial score (nSPS) is 10.8. The molecule has 0 unspecified atom stereocenters. The van der Waals surface area contributed by atoms with Gasteiger partial charge < -0.3 is 5.32 Å². The van der Waals surface area contributed by atoms with Crippen LogP contribution in [-0.2, 0) is 17.8 Å². The van der Waals surface area contributed by atoms with Crippen LogP contribution in [0.2, 0.25) is 0 Å². The Morgan fingerprint density at radius 3 is 2.74 bits per heavy atom. The van der Waals surface area contributed by atoms with Crippen LogP contribution in [-0.4, -0.2) is 15.9 Å². The molecule has 5 nitrogen and oxygen atoms in total. The molecular weight excluding hydrogens is 378 g/mol. The third kappa shape index (κ3) is 4.10. The zero-order chi connectivity index (χ0) is 18.6. The van der Waals surface area contributed by atoms with Gasteiger partial charge >= 0.3 is 0 Å². The Balaban J connectivity index is 1.52. The molecular formula is C20H15N3O2S2. The number of amides is 1. The molecule has 4 aromatic rings. The number of carbonyl (C=O) groups is 1. The molecule has 1 amide bonds. The Hall–Kier alpha value is -2.90. The number of thiophene rings is 1. The highest BCUT2D eigenvalue weighted by molar-refractivity contribution is 7.21. The second-order valence-corrected chi connectivity index (χ2v) is 7.93. The van der Waals surface area contributed by atoms with E-state index in [0.29, 0.717) is 29.1 Å². The Morgan fingerprint density at radius 1 is 1.00 bits per heavy atom. The van der Waals surface area contributed by atoms with Gasteiger partial charge in [-0.25, -0.2) is 4.98 Å². The van der Waals surface area contributed by atoms with Gasteiger partial charge in [0.1, 0.15) is 5.01 Å². The lowest BCUT2D eigenvalue weighted by atomic mass is 10.2. The summed E-state index contributed by atoms with van der Waals surface area (Å²) in [6.07, 6.45) is 0.366. The molecule has 0 saturated heterocycles. The van der Waals surface area contributed by atoms with Crippen LogP contribution in [0.5, 0.6) is 0 Å². The molecule has 0 aliphatic carbocycles. The maximum Gasteiger partial charge on any atom is 0.279 e. The maximum absolute atomic E-state index is 12.2. The van der Waals surface area contributed by atoms with Gasteiger partial charge in [0.05, 0.1) is 29.7 Å². The third-order valence-electron chi connectivity index (χ3n) is 3.93. The van der Waals surface area contributed by atoms with Crippen LogP contribution in [0.3, 0.4) is 0 Å². The molecule has 3 aromatic heterocycles. The van der Waals surface area contributed by atoms with E-state index in [9.17, 15) is 9.59 Å². The van der Waals surface area contributed by atoms with Crippen LogP contribution < -0.4 is 10.9 Å². The van der Waals surface area contributed by atoms with E-state index in [1.807, 2.05) is 53.9 Å². The summed E-state index contributed by atoms with van der Waals surface area (Å²) < 4.78 is 0.879. The minimum atomic E-state index is -0.254. The van der Waals surface area contributed by atoms with Gasteiger partial charge in [0.2, 0.25) is 5.91 Å². The van der Waals surface area contributed by atoms with E-state index in [1.54, 1.807) is 17.4 Å². The van der Waals surface area contributed by atoms with Gasteiger partial charge in [0.15, 0.2) is 0 Å². The largest absolute Gasteiger partial charge is 0.350 e. The Kier molecular flexibility index (Phi) is 5.04. The number of rotatable bonds is 5. The average molecular weight is 393 g/mol. The van der Waals surface area contributed by atoms with Gasteiger partial charge in [-0.15, -0.1) is 22.7 Å². The van der Waals surface area contributed by atoms with Crippen molar-refractivity contribution < 1.29 is 4.79 Å². The van der Waals surface area contributed by atoms with Crippen LogP contribution in [0.1, 0.15) is 10.6 Å². The van der Waals surface area contributed by atoms with Gasteiger partial charge in [-0.05, 0) is 35.7 Å². The number of hydrogen-bond donors (Lipinski definition) is 1. The lowest BCUT2D eigenvalue weighted by molar-refractivity contribution is -0.120. The average Bonchev–Trinajstić information content (AvgIpc) is 3.19. The molecule has 0 aliphatic heterocycles. The molecule has 3 heterocycles. The van der Waals surface area contributed by atoms with Crippen molar-refractivity contribution in [1.29, 1.82) is 0 Å². The summed E-state index contributed by atoms with van der Waals surface area (Å²) in [5.74, 6) is -0.0434. The molecule has 4 rings (SSSR count). The highest BCUT2D eigenvalue weighted by Gasteiger charge is 2.09. The number of aromatic nitrogens is 2. The Bertz CT molecular complexity index is 1150. The van der Waals surface area contributed by atoms with E-state index in [2.05, 4.69) is 15.3 Å². The molecule has 0 spiro atoms. The maximum atomic E-state index is 12.2. The molecule has 27 heavy (non-hydrogen) atoms. The van der Waals surface area contributed by atoms with E-state index >= 15 is 0 Å². The molecule has 0 aliphatic rings. The van der Waals surface area contributed by atoms with Crippen LogP contribution in [0, 0.1) is 0 Å². The van der Waals surface area contributed by atoms with Crippen molar-refractivity contribution in [1.82, 2.24) is 15.3 Å². The first-order valence-corrected chi connectivity index (χ1v) is 10.0. The zero-order valence-electron chi connectivity index (χ0n) is 14.2. The number of nitrogens with one attached hydrogen (secondary N) is 1. The minimum absolute atomic E-state index is 0.0434. The summed E-state index contributed by atoms with van der Waals surface area (Å²) in [4.78, 5) is 34.0. The van der Waals surface area contributed by atoms with Crippen LogP contribution in [0.25, 0.3) is 20.8 Å². The van der Waals surface area contributed by atoms with Crippen LogP contribution in [0.4, 0.5) is 0 Å². The van der Waals surface area contributed by atoms with Gasteiger partial charge in [-0.1, -0.05) is 24.3 Å². The summed E-state index contributed by atoms with van der Waals surface area (Å²) in [5.41, 5.74) is 1.10. The minimum Gasteiger partial charge on any atom is -0.350 e. The predicted octanol–water partition coefficient (Wildman–Crippen LogP) is 3.64. The Labute approximate surface area is 163 Å². The van der Waals surface area contributed by atoms with Crippen LogP contribution in [0.15, 0.2) is 64.8 Å². The lowest BCUT2D eigenvalue weighted by Gasteiger charge is -2.06. The first-order chi connectivity index (χ1) is 13.2. The fourth-order valence-corrected chi connectivity index (χ4v) is 4.31. The van der Waals surface area contributed by atoms with Crippen molar-refractivity contribution in [2.75, 3.05) is 0 Å². The molecule has 0 saturated carbocycles. The highest BCUT2D eigenvalue weighted by Crippen LogP contribution is 2.24. The van der Waals surface area contributed by atoms with E-state index in [0.717, 1.165) is 15.3 Å². The number of pyridine rings is 1. The summed E-state index contributed by atoms with van der Waals surface area (Å²) in [5, 5.41) is 6.03. The second kappa shape index (κ2) is 7.77. The van der Waals surface area contributed by atoms with Gasteiger partial charge in [0.25, 0.3) is 5.56 Å². The van der Waals surface area contributed by atoms with Crippen molar-refractivity contribution in [3.63, 3.8) is 0 Å². The van der Waals surface area contributed by atoms with Crippen molar-refractivity contribution >= 4 is 38.7 Å². The number of nitrogens with zero attached hydrogens (tertiary/aromatic N) is 2. The number of carbonyl (C=O) groups excluding carboxylic acids is 1. The molecule has 1 N–H and O–H groups in total. The zero-order valence-corrected chi connectivity index (χ0v) is 15.8. The predicted molar refractivity (Wildman–Crippen MR) is 109 cm³/mol. The standard InChI is InChI=1S/C20H15N3O2S2/c24-18(11-14-6-4-10-26-14)21-12-13-5-3-8-16(22-13)20-23-19(25)15-7-1-2-9-17(15)27-20/h1-10H,11-12H2,(H,21,24). The van der Waals surface area contributed by atoms with Crippen molar-refractivity contribution in [2.24, 2.45) is 0 Å². The topological polar surface area (TPSA) is 72.0 Å².